The zero-order chi connectivity index (χ0) is 29.0. The van der Waals surface area contributed by atoms with Gasteiger partial charge in [0.1, 0.15) is 0 Å². The minimum Gasteiger partial charge on any atom is -0.493 e. The fourth-order valence-electron chi connectivity index (χ4n) is 4.41. The van der Waals surface area contributed by atoms with E-state index in [9.17, 15) is 14.4 Å². The summed E-state index contributed by atoms with van der Waals surface area (Å²) in [5.74, 6) is 0.620. The van der Waals surface area contributed by atoms with E-state index in [2.05, 4.69) is 4.99 Å². The van der Waals surface area contributed by atoms with Gasteiger partial charge in [0.2, 0.25) is 0 Å². The van der Waals surface area contributed by atoms with Crippen LogP contribution in [0.4, 0.5) is 0 Å². The van der Waals surface area contributed by atoms with E-state index in [1.807, 2.05) is 13.8 Å². The molecule has 1 atom stereocenters. The van der Waals surface area contributed by atoms with Crippen LogP contribution in [0.5, 0.6) is 23.0 Å². The Kier molecular flexibility index (Phi) is 8.73. The maximum absolute atomic E-state index is 13.9. The number of ether oxygens (including phenoxy) is 5. The van der Waals surface area contributed by atoms with Crippen molar-refractivity contribution in [1.29, 1.82) is 0 Å². The first-order valence-electron chi connectivity index (χ1n) is 12.6. The summed E-state index contributed by atoms with van der Waals surface area (Å²) < 4.78 is 29.0. The largest absolute Gasteiger partial charge is 0.493 e. The van der Waals surface area contributed by atoms with E-state index in [1.165, 1.54) is 37.0 Å². The van der Waals surface area contributed by atoms with Crippen molar-refractivity contribution in [3.05, 3.63) is 78.5 Å². The van der Waals surface area contributed by atoms with Crippen LogP contribution in [0, 0.1) is 0 Å². The van der Waals surface area contributed by atoms with Gasteiger partial charge in [-0.15, -0.1) is 0 Å². The second-order valence-electron chi connectivity index (χ2n) is 8.65. The Bertz CT molecular complexity index is 1670. The number of nitrogens with zero attached hydrogens (tertiary/aromatic N) is 2. The Morgan fingerprint density at radius 1 is 1.00 bits per heavy atom. The summed E-state index contributed by atoms with van der Waals surface area (Å²) in [6, 6.07) is 9.51. The molecule has 4 rings (SSSR count). The number of aromatic nitrogens is 1. The molecule has 0 fully saturated rings. The Hall–Kier alpha value is -4.38. The maximum Gasteiger partial charge on any atom is 0.338 e. The minimum absolute atomic E-state index is 0.250. The summed E-state index contributed by atoms with van der Waals surface area (Å²) >= 11 is 1.19. The van der Waals surface area contributed by atoms with Gasteiger partial charge < -0.3 is 23.7 Å². The van der Waals surface area contributed by atoms with Gasteiger partial charge in [0, 0.05) is 6.92 Å². The number of hydrogen-bond acceptors (Lipinski definition) is 10. The lowest BCUT2D eigenvalue weighted by Gasteiger charge is -2.25. The number of thiazole rings is 1. The number of methoxy groups -OCH3 is 2. The van der Waals surface area contributed by atoms with Crippen LogP contribution in [0.25, 0.3) is 6.08 Å². The Balaban J connectivity index is 1.91. The lowest BCUT2D eigenvalue weighted by molar-refractivity contribution is -0.136. The first-order valence-corrected chi connectivity index (χ1v) is 13.4. The van der Waals surface area contributed by atoms with Gasteiger partial charge in [-0.25, -0.2) is 9.79 Å². The fourth-order valence-corrected chi connectivity index (χ4v) is 5.46. The third-order valence-electron chi connectivity index (χ3n) is 6.05. The van der Waals surface area contributed by atoms with E-state index in [0.717, 1.165) is 0 Å². The van der Waals surface area contributed by atoms with Gasteiger partial charge in [-0.1, -0.05) is 23.5 Å². The van der Waals surface area contributed by atoms with Crippen molar-refractivity contribution in [2.75, 3.05) is 27.4 Å². The highest BCUT2D eigenvalue weighted by Gasteiger charge is 2.33. The standard InChI is InChI=1S/C29H30N2O8S/c1-7-37-20-12-10-19(15-23(20)38-8-2)26-25(28(34)36-6)16(3)30-29-31(26)27(33)24(40-29)14-18-9-11-21(39-17(4)32)22(13-18)35-5/h9-15,26H,7-8H2,1-6H3. The van der Waals surface area contributed by atoms with E-state index >= 15 is 0 Å². The molecule has 210 valence electrons. The van der Waals surface area contributed by atoms with Gasteiger partial charge in [0.15, 0.2) is 27.8 Å². The first kappa shape index (κ1) is 28.6. The molecule has 0 N–H and O–H groups in total. The van der Waals surface area contributed by atoms with Gasteiger partial charge >= 0.3 is 11.9 Å². The molecule has 0 amide bonds. The zero-order valence-electron chi connectivity index (χ0n) is 23.1. The van der Waals surface area contributed by atoms with E-state index in [0.29, 0.717) is 56.6 Å². The first-order chi connectivity index (χ1) is 19.2. The number of hydrogen-bond donors (Lipinski definition) is 0. The average Bonchev–Trinajstić information content (AvgIpc) is 3.23. The van der Waals surface area contributed by atoms with E-state index in [1.54, 1.807) is 49.4 Å². The van der Waals surface area contributed by atoms with E-state index in [4.69, 9.17) is 23.7 Å². The number of esters is 2. The van der Waals surface area contributed by atoms with Crippen LogP contribution in [0.15, 0.2) is 57.5 Å². The molecule has 2 aromatic carbocycles. The Labute approximate surface area is 234 Å². The minimum atomic E-state index is -0.804. The highest BCUT2D eigenvalue weighted by molar-refractivity contribution is 7.07. The molecular formula is C29H30N2O8S. The highest BCUT2D eigenvalue weighted by atomic mass is 32.1. The summed E-state index contributed by atoms with van der Waals surface area (Å²) in [5.41, 5.74) is 1.65. The quantitative estimate of drug-likeness (QED) is 0.287. The van der Waals surface area contributed by atoms with Gasteiger partial charge in [0.05, 0.1) is 49.3 Å². The molecule has 3 aromatic rings. The van der Waals surface area contributed by atoms with Crippen LogP contribution in [-0.2, 0) is 14.3 Å². The molecule has 0 bridgehead atoms. The number of carbonyl (C=O) groups excluding carboxylic acids is 2. The molecule has 11 heteroatoms. The van der Waals surface area contributed by atoms with Crippen molar-refractivity contribution in [2.24, 2.45) is 4.99 Å². The average molecular weight is 567 g/mol. The molecule has 0 aliphatic carbocycles. The summed E-state index contributed by atoms with van der Waals surface area (Å²) in [4.78, 5) is 43.3. The molecule has 0 radical (unpaired) electrons. The predicted molar refractivity (Wildman–Crippen MR) is 149 cm³/mol. The fraction of sp³-hybridized carbons (Fsp3) is 0.310. The molecule has 0 spiro atoms. The maximum atomic E-state index is 13.9. The van der Waals surface area contributed by atoms with Crippen LogP contribution in [-0.4, -0.2) is 43.9 Å². The normalized spacial score (nSPS) is 14.8. The molecule has 10 nitrogen and oxygen atoms in total. The van der Waals surface area contributed by atoms with Gasteiger partial charge in [0.25, 0.3) is 5.56 Å². The molecule has 0 saturated heterocycles. The van der Waals surface area contributed by atoms with Crippen molar-refractivity contribution in [1.82, 2.24) is 4.57 Å². The van der Waals surface area contributed by atoms with Crippen molar-refractivity contribution in [3.63, 3.8) is 0 Å². The number of carbonyl (C=O) groups is 2. The Morgan fingerprint density at radius 3 is 2.35 bits per heavy atom. The number of fused-ring (bicyclic) bond motifs is 1. The molecule has 1 aliphatic heterocycles. The third kappa shape index (κ3) is 5.64. The molecule has 1 unspecified atom stereocenters. The monoisotopic (exact) mass is 566 g/mol. The summed E-state index contributed by atoms with van der Waals surface area (Å²) in [7, 11) is 2.76. The zero-order valence-corrected chi connectivity index (χ0v) is 23.9. The second-order valence-corrected chi connectivity index (χ2v) is 9.66. The summed E-state index contributed by atoms with van der Waals surface area (Å²) in [6.07, 6.45) is 1.70. The summed E-state index contributed by atoms with van der Waals surface area (Å²) in [6.45, 7) is 7.62. The van der Waals surface area contributed by atoms with E-state index < -0.39 is 18.0 Å². The van der Waals surface area contributed by atoms with Crippen molar-refractivity contribution >= 4 is 29.4 Å². The lowest BCUT2D eigenvalue weighted by Crippen LogP contribution is -2.39. The molecule has 0 saturated carbocycles. The summed E-state index contributed by atoms with van der Waals surface area (Å²) in [5, 5.41) is 0. The van der Waals surface area contributed by atoms with Crippen LogP contribution in [0.2, 0.25) is 0 Å². The molecule has 1 aliphatic rings. The molecule has 2 heterocycles. The topological polar surface area (TPSA) is 115 Å². The van der Waals surface area contributed by atoms with Gasteiger partial charge in [-0.2, -0.15) is 0 Å². The third-order valence-corrected chi connectivity index (χ3v) is 7.03. The number of benzene rings is 2. The van der Waals surface area contributed by atoms with Crippen LogP contribution < -0.4 is 33.8 Å². The van der Waals surface area contributed by atoms with Crippen molar-refractivity contribution < 1.29 is 33.3 Å². The van der Waals surface area contributed by atoms with Gasteiger partial charge in [-0.3, -0.25) is 14.2 Å². The van der Waals surface area contributed by atoms with Crippen molar-refractivity contribution in [3.8, 4) is 23.0 Å². The Morgan fingerprint density at radius 2 is 1.70 bits per heavy atom. The SMILES string of the molecule is CCOc1ccc(C2C(C(=O)OC)=C(C)N=c3sc(=Cc4ccc(OC(C)=O)c(OC)c4)c(=O)n32)cc1OCC. The number of allylic oxidation sites excluding steroid dienone is 1. The predicted octanol–water partition coefficient (Wildman–Crippen LogP) is 3.14. The highest BCUT2D eigenvalue weighted by Crippen LogP contribution is 2.36. The van der Waals surface area contributed by atoms with Crippen LogP contribution in [0.3, 0.4) is 0 Å². The molecule has 1 aromatic heterocycles. The number of rotatable bonds is 9. The molecule has 40 heavy (non-hydrogen) atoms. The van der Waals surface area contributed by atoms with Gasteiger partial charge in [-0.05, 0) is 62.2 Å². The van der Waals surface area contributed by atoms with Crippen molar-refractivity contribution in [2.45, 2.75) is 33.7 Å². The van der Waals surface area contributed by atoms with Crippen LogP contribution in [0.1, 0.15) is 44.9 Å². The molecular weight excluding hydrogens is 536 g/mol. The van der Waals surface area contributed by atoms with E-state index in [-0.39, 0.29) is 16.9 Å². The smallest absolute Gasteiger partial charge is 0.338 e. The lowest BCUT2D eigenvalue weighted by atomic mass is 9.95. The van der Waals surface area contributed by atoms with Crippen LogP contribution >= 0.6 is 11.3 Å². The second kappa shape index (κ2) is 12.2.